The summed E-state index contributed by atoms with van der Waals surface area (Å²) < 4.78 is 13.0. The molecule has 5 fully saturated rings. The maximum absolute atomic E-state index is 7.10. The van der Waals surface area contributed by atoms with Crippen LogP contribution in [0.3, 0.4) is 0 Å². The highest BCUT2D eigenvalue weighted by atomic mass is 28.4. The summed E-state index contributed by atoms with van der Waals surface area (Å²) in [4.78, 5) is 10.8. The van der Waals surface area contributed by atoms with Gasteiger partial charge in [-0.25, -0.2) is 4.89 Å². The predicted molar refractivity (Wildman–Crippen MR) is 125 cm³/mol. The maximum atomic E-state index is 7.10. The molecule has 4 nitrogen and oxygen atoms in total. The van der Waals surface area contributed by atoms with E-state index in [1.165, 1.54) is 44.9 Å². The molecule has 4 aliphatic carbocycles. The molecule has 1 heterocycles. The Morgan fingerprint density at radius 1 is 0.871 bits per heavy atom. The van der Waals surface area contributed by atoms with E-state index in [0.717, 1.165) is 30.6 Å². The van der Waals surface area contributed by atoms with E-state index in [4.69, 9.17) is 18.9 Å². The van der Waals surface area contributed by atoms with Crippen LogP contribution < -0.4 is 0 Å². The molecule has 0 bridgehead atoms. The monoisotopic (exact) mass is 450 g/mol. The molecule has 31 heavy (non-hydrogen) atoms. The second-order valence-electron chi connectivity index (χ2n) is 13.7. The van der Waals surface area contributed by atoms with Gasteiger partial charge in [0, 0.05) is 12.8 Å². The van der Waals surface area contributed by atoms with Gasteiger partial charge in [-0.1, -0.05) is 34.6 Å². The first-order valence-corrected chi connectivity index (χ1v) is 15.9. The number of rotatable bonds is 2. The molecule has 1 spiro atoms. The Hall–Kier alpha value is 0.0569. The Kier molecular flexibility index (Phi) is 5.36. The van der Waals surface area contributed by atoms with E-state index in [1.807, 2.05) is 0 Å². The lowest BCUT2D eigenvalue weighted by molar-refractivity contribution is -0.342. The van der Waals surface area contributed by atoms with Crippen molar-refractivity contribution in [1.82, 2.24) is 0 Å². The number of hydrogen-bond donors (Lipinski definition) is 0. The average Bonchev–Trinajstić information content (AvgIpc) is 3.26. The minimum absolute atomic E-state index is 0.288. The fourth-order valence-electron chi connectivity index (χ4n) is 8.37. The highest BCUT2D eigenvalue weighted by Crippen LogP contribution is 2.68. The van der Waals surface area contributed by atoms with Crippen LogP contribution in [0.15, 0.2) is 0 Å². The largest absolute Gasteiger partial charge is 0.413 e. The second kappa shape index (κ2) is 7.28. The Balaban J connectivity index is 1.34. The van der Waals surface area contributed by atoms with E-state index in [1.54, 1.807) is 0 Å². The molecule has 0 N–H and O–H groups in total. The summed E-state index contributed by atoms with van der Waals surface area (Å²) in [6.45, 7) is 17.5. The second-order valence-corrected chi connectivity index (χ2v) is 18.5. The molecular weight excluding hydrogens is 404 g/mol. The van der Waals surface area contributed by atoms with E-state index >= 15 is 0 Å². The van der Waals surface area contributed by atoms with E-state index in [9.17, 15) is 0 Å². The zero-order valence-electron chi connectivity index (χ0n) is 21.1. The summed E-state index contributed by atoms with van der Waals surface area (Å²) in [6, 6.07) is 0. The molecule has 0 amide bonds. The number of hydrogen-bond acceptors (Lipinski definition) is 4. The predicted octanol–water partition coefficient (Wildman–Crippen LogP) is 7.05. The Morgan fingerprint density at radius 3 is 2.29 bits per heavy atom. The fraction of sp³-hybridized carbons (Fsp3) is 1.00. The Morgan fingerprint density at radius 2 is 1.61 bits per heavy atom. The SMILES string of the molecule is CC(C)(C)[Si](C)(C)O[C@H]1CC[C@H]2[C@@H]3CC[C@H]4CC5(CC[C@]4(C)[C@H]3CC[C@]12C)OCOO5. The molecular formula is C26H46O4Si. The first kappa shape index (κ1) is 22.8. The highest BCUT2D eigenvalue weighted by molar-refractivity contribution is 6.74. The van der Waals surface area contributed by atoms with Crippen molar-refractivity contribution in [3.05, 3.63) is 0 Å². The van der Waals surface area contributed by atoms with E-state index < -0.39 is 14.1 Å². The molecule has 5 rings (SSSR count). The molecule has 5 aliphatic rings. The van der Waals surface area contributed by atoms with Gasteiger partial charge >= 0.3 is 0 Å². The zero-order valence-corrected chi connectivity index (χ0v) is 22.1. The van der Waals surface area contributed by atoms with Crippen molar-refractivity contribution in [2.45, 2.75) is 122 Å². The van der Waals surface area contributed by atoms with Crippen LogP contribution in [0.25, 0.3) is 0 Å². The van der Waals surface area contributed by atoms with E-state index in [2.05, 4.69) is 47.7 Å². The molecule has 0 aromatic carbocycles. The van der Waals surface area contributed by atoms with Crippen molar-refractivity contribution in [1.29, 1.82) is 0 Å². The van der Waals surface area contributed by atoms with E-state index in [0.29, 0.717) is 29.6 Å². The fourth-order valence-corrected chi connectivity index (χ4v) is 9.82. The van der Waals surface area contributed by atoms with Gasteiger partial charge in [-0.3, -0.25) is 0 Å². The normalized spacial score (nSPS) is 50.2. The van der Waals surface area contributed by atoms with Gasteiger partial charge in [0.05, 0.1) is 6.10 Å². The molecule has 4 saturated carbocycles. The summed E-state index contributed by atoms with van der Waals surface area (Å²) in [6.07, 6.45) is 11.8. The minimum atomic E-state index is -1.74. The topological polar surface area (TPSA) is 36.9 Å². The number of ether oxygens (including phenoxy) is 1. The molecule has 1 saturated heterocycles. The van der Waals surface area contributed by atoms with Gasteiger partial charge in [0.1, 0.15) is 0 Å². The van der Waals surface area contributed by atoms with Crippen LogP contribution in [0, 0.1) is 34.5 Å². The van der Waals surface area contributed by atoms with Gasteiger partial charge in [-0.15, -0.1) is 0 Å². The van der Waals surface area contributed by atoms with Crippen LogP contribution in [-0.2, 0) is 18.9 Å². The molecule has 0 radical (unpaired) electrons. The molecule has 5 heteroatoms. The van der Waals surface area contributed by atoms with Gasteiger partial charge < -0.3 is 9.16 Å². The van der Waals surface area contributed by atoms with Crippen LogP contribution >= 0.6 is 0 Å². The highest BCUT2D eigenvalue weighted by Gasteiger charge is 2.63. The van der Waals surface area contributed by atoms with Crippen LogP contribution in [0.5, 0.6) is 0 Å². The minimum Gasteiger partial charge on any atom is -0.413 e. The van der Waals surface area contributed by atoms with Crippen molar-refractivity contribution in [3.8, 4) is 0 Å². The van der Waals surface area contributed by atoms with Gasteiger partial charge in [0.2, 0.25) is 5.79 Å². The quantitative estimate of drug-likeness (QED) is 0.333. The smallest absolute Gasteiger partial charge is 0.204 e. The molecule has 1 unspecified atom stereocenters. The van der Waals surface area contributed by atoms with Gasteiger partial charge in [-0.05, 0) is 97.6 Å². The third-order valence-electron chi connectivity index (χ3n) is 11.4. The lowest BCUT2D eigenvalue weighted by Crippen LogP contribution is -2.57. The average molecular weight is 451 g/mol. The Bertz CT molecular complexity index is 696. The lowest BCUT2D eigenvalue weighted by Gasteiger charge is -2.61. The molecule has 0 aromatic heterocycles. The summed E-state index contributed by atoms with van der Waals surface area (Å²) in [5, 5.41) is 0.288. The summed E-state index contributed by atoms with van der Waals surface area (Å²) >= 11 is 0. The van der Waals surface area contributed by atoms with Crippen LogP contribution in [0.4, 0.5) is 0 Å². The summed E-state index contributed by atoms with van der Waals surface area (Å²) in [5.41, 5.74) is 0.810. The first-order chi connectivity index (χ1) is 14.4. The summed E-state index contributed by atoms with van der Waals surface area (Å²) in [5.74, 6) is 2.83. The zero-order chi connectivity index (χ0) is 22.3. The van der Waals surface area contributed by atoms with Crippen molar-refractivity contribution < 1.29 is 18.9 Å². The molecule has 8 atom stereocenters. The van der Waals surface area contributed by atoms with Crippen molar-refractivity contribution in [3.63, 3.8) is 0 Å². The molecule has 1 aliphatic heterocycles. The first-order valence-electron chi connectivity index (χ1n) is 13.0. The molecule has 178 valence electrons. The van der Waals surface area contributed by atoms with Crippen molar-refractivity contribution in [2.75, 3.05) is 6.79 Å². The standard InChI is InChI=1S/C26H46O4Si/c1-23(2,3)31(6,7)29-22-11-10-20-19-9-8-18-16-26(27-17-28-30-26)15-14-24(18,4)21(19)12-13-25(20,22)5/h18-22H,8-17H2,1-7H3/t18-,19-,20-,21-,22-,24-,25-,26?/m0/s1. The van der Waals surface area contributed by atoms with Gasteiger partial charge in [0.15, 0.2) is 15.1 Å². The number of fused-ring (bicyclic) bond motifs is 5. The van der Waals surface area contributed by atoms with Gasteiger partial charge in [0.25, 0.3) is 0 Å². The third-order valence-corrected chi connectivity index (χ3v) is 15.9. The van der Waals surface area contributed by atoms with Crippen molar-refractivity contribution >= 4 is 8.32 Å². The lowest BCUT2D eigenvalue weighted by atomic mass is 9.45. The van der Waals surface area contributed by atoms with Crippen LogP contribution in [-0.4, -0.2) is 27.0 Å². The third kappa shape index (κ3) is 3.43. The van der Waals surface area contributed by atoms with E-state index in [-0.39, 0.29) is 5.04 Å². The van der Waals surface area contributed by atoms with Crippen LogP contribution in [0.2, 0.25) is 18.1 Å². The van der Waals surface area contributed by atoms with Crippen molar-refractivity contribution in [2.24, 2.45) is 34.5 Å². The van der Waals surface area contributed by atoms with Crippen LogP contribution in [0.1, 0.15) is 92.4 Å². The maximum Gasteiger partial charge on any atom is 0.204 e. The summed E-state index contributed by atoms with van der Waals surface area (Å²) in [7, 11) is -1.74. The Labute approximate surface area is 191 Å². The molecule has 0 aromatic rings. The van der Waals surface area contributed by atoms with Gasteiger partial charge in [-0.2, -0.15) is 4.89 Å².